The molecule has 3 aromatic carbocycles. The van der Waals surface area contributed by atoms with Crippen molar-refractivity contribution in [1.82, 2.24) is 5.32 Å². The van der Waals surface area contributed by atoms with Crippen molar-refractivity contribution in [2.24, 2.45) is 0 Å². The van der Waals surface area contributed by atoms with Gasteiger partial charge in [0.05, 0.1) is 6.61 Å². The van der Waals surface area contributed by atoms with Crippen LogP contribution in [0.15, 0.2) is 66.7 Å². The maximum absolute atomic E-state index is 12.3. The number of amides is 1. The second-order valence-corrected chi connectivity index (χ2v) is 5.96. The van der Waals surface area contributed by atoms with Crippen LogP contribution in [0.4, 0.5) is 0 Å². The highest BCUT2D eigenvalue weighted by molar-refractivity contribution is 5.83. The number of benzene rings is 3. The van der Waals surface area contributed by atoms with Gasteiger partial charge in [0.25, 0.3) is 5.91 Å². The van der Waals surface area contributed by atoms with Crippen LogP contribution >= 0.6 is 0 Å². The maximum atomic E-state index is 12.3. The minimum atomic E-state index is -0.616. The maximum Gasteiger partial charge on any atom is 0.261 e. The Morgan fingerprint density at radius 3 is 2.60 bits per heavy atom. The summed E-state index contributed by atoms with van der Waals surface area (Å²) in [6.07, 6.45) is -0.616. The lowest BCUT2D eigenvalue weighted by atomic mass is 10.1. The van der Waals surface area contributed by atoms with Gasteiger partial charge in [0.2, 0.25) is 0 Å². The molecule has 1 atom stereocenters. The monoisotopic (exact) mass is 335 g/mol. The minimum absolute atomic E-state index is 0.0558. The minimum Gasteiger partial charge on any atom is -0.481 e. The predicted octanol–water partition coefficient (Wildman–Crippen LogP) is 3.42. The van der Waals surface area contributed by atoms with Crippen molar-refractivity contribution in [2.45, 2.75) is 26.2 Å². The molecule has 0 bridgehead atoms. The Hall–Kier alpha value is -2.85. The van der Waals surface area contributed by atoms with Crippen LogP contribution in [-0.2, 0) is 17.9 Å². The Balaban J connectivity index is 1.58. The molecule has 0 fully saturated rings. The highest BCUT2D eigenvalue weighted by atomic mass is 16.5. The van der Waals surface area contributed by atoms with Gasteiger partial charge in [-0.25, -0.2) is 0 Å². The molecule has 0 aliphatic carbocycles. The Bertz CT molecular complexity index is 876. The zero-order chi connectivity index (χ0) is 17.6. The lowest BCUT2D eigenvalue weighted by Crippen LogP contribution is -2.35. The molecule has 4 nitrogen and oxygen atoms in total. The Labute approximate surface area is 147 Å². The SMILES string of the molecule is CC(Oc1cccc(CO)c1)C(=O)NCc1ccc2ccccc2c1. The molecule has 3 rings (SSSR count). The zero-order valence-corrected chi connectivity index (χ0v) is 14.1. The van der Waals surface area contributed by atoms with Crippen LogP contribution in [0.2, 0.25) is 0 Å². The second-order valence-electron chi connectivity index (χ2n) is 5.96. The van der Waals surface area contributed by atoms with E-state index in [1.54, 1.807) is 31.2 Å². The first-order chi connectivity index (χ1) is 12.2. The summed E-state index contributed by atoms with van der Waals surface area (Å²) in [7, 11) is 0. The van der Waals surface area contributed by atoms with E-state index in [-0.39, 0.29) is 12.5 Å². The van der Waals surface area contributed by atoms with Crippen molar-refractivity contribution >= 4 is 16.7 Å². The quantitative estimate of drug-likeness (QED) is 0.726. The molecule has 1 amide bonds. The topological polar surface area (TPSA) is 58.6 Å². The third kappa shape index (κ3) is 4.37. The Morgan fingerprint density at radius 1 is 1.00 bits per heavy atom. The largest absolute Gasteiger partial charge is 0.481 e. The molecule has 0 spiro atoms. The summed E-state index contributed by atoms with van der Waals surface area (Å²) in [4.78, 5) is 12.3. The number of ether oxygens (including phenoxy) is 1. The summed E-state index contributed by atoms with van der Waals surface area (Å²) in [6, 6.07) is 21.4. The fourth-order valence-electron chi connectivity index (χ4n) is 2.66. The summed E-state index contributed by atoms with van der Waals surface area (Å²) in [5, 5.41) is 14.4. The van der Waals surface area contributed by atoms with Crippen molar-refractivity contribution in [1.29, 1.82) is 0 Å². The molecule has 0 saturated heterocycles. The second kappa shape index (κ2) is 7.81. The number of aliphatic hydroxyl groups is 1. The molecule has 0 aromatic heterocycles. The molecule has 0 saturated carbocycles. The van der Waals surface area contributed by atoms with Crippen LogP contribution in [-0.4, -0.2) is 17.1 Å². The zero-order valence-electron chi connectivity index (χ0n) is 14.1. The molecular weight excluding hydrogens is 314 g/mol. The van der Waals surface area contributed by atoms with Crippen LogP contribution in [0.3, 0.4) is 0 Å². The number of carbonyl (C=O) groups is 1. The Kier molecular flexibility index (Phi) is 5.31. The smallest absolute Gasteiger partial charge is 0.261 e. The average Bonchev–Trinajstić information content (AvgIpc) is 2.66. The van der Waals surface area contributed by atoms with E-state index in [2.05, 4.69) is 29.6 Å². The average molecular weight is 335 g/mol. The van der Waals surface area contributed by atoms with Gasteiger partial charge in [-0.05, 0) is 47.0 Å². The van der Waals surface area contributed by atoms with Crippen molar-refractivity contribution in [2.75, 3.05) is 0 Å². The number of rotatable bonds is 6. The van der Waals surface area contributed by atoms with Gasteiger partial charge >= 0.3 is 0 Å². The van der Waals surface area contributed by atoms with Gasteiger partial charge < -0.3 is 15.2 Å². The highest BCUT2D eigenvalue weighted by Gasteiger charge is 2.14. The fraction of sp³-hybridized carbons (Fsp3) is 0.190. The summed E-state index contributed by atoms with van der Waals surface area (Å²) in [5.41, 5.74) is 1.79. The number of hydrogen-bond donors (Lipinski definition) is 2. The molecule has 128 valence electrons. The van der Waals surface area contributed by atoms with E-state index in [4.69, 9.17) is 9.84 Å². The Morgan fingerprint density at radius 2 is 1.80 bits per heavy atom. The molecule has 0 heterocycles. The van der Waals surface area contributed by atoms with Crippen LogP contribution in [0.25, 0.3) is 10.8 Å². The first-order valence-electron chi connectivity index (χ1n) is 8.27. The van der Waals surface area contributed by atoms with Gasteiger partial charge in [0.1, 0.15) is 5.75 Å². The third-order valence-corrected chi connectivity index (χ3v) is 4.04. The van der Waals surface area contributed by atoms with Crippen molar-refractivity contribution in [3.63, 3.8) is 0 Å². The molecular formula is C21H21NO3. The van der Waals surface area contributed by atoms with Crippen LogP contribution in [0.1, 0.15) is 18.1 Å². The van der Waals surface area contributed by atoms with Crippen LogP contribution < -0.4 is 10.1 Å². The molecule has 0 radical (unpaired) electrons. The first-order valence-corrected chi connectivity index (χ1v) is 8.27. The number of hydrogen-bond acceptors (Lipinski definition) is 3. The van der Waals surface area contributed by atoms with Gasteiger partial charge in [-0.2, -0.15) is 0 Å². The summed E-state index contributed by atoms with van der Waals surface area (Å²) < 4.78 is 5.65. The van der Waals surface area contributed by atoms with Gasteiger partial charge in [-0.15, -0.1) is 0 Å². The van der Waals surface area contributed by atoms with Crippen molar-refractivity contribution in [3.05, 3.63) is 77.9 Å². The number of aliphatic hydroxyl groups excluding tert-OH is 1. The van der Waals surface area contributed by atoms with Crippen LogP contribution in [0.5, 0.6) is 5.75 Å². The van der Waals surface area contributed by atoms with E-state index >= 15 is 0 Å². The van der Waals surface area contributed by atoms with Gasteiger partial charge in [0, 0.05) is 6.54 Å². The molecule has 25 heavy (non-hydrogen) atoms. The van der Waals surface area contributed by atoms with Gasteiger partial charge in [-0.1, -0.05) is 48.5 Å². The molecule has 1 unspecified atom stereocenters. The van der Waals surface area contributed by atoms with Crippen molar-refractivity contribution < 1.29 is 14.6 Å². The standard InChI is InChI=1S/C21H21NO3/c1-15(25-20-8-4-5-17(12-20)14-23)21(24)22-13-16-9-10-18-6-2-3-7-19(18)11-16/h2-12,15,23H,13-14H2,1H3,(H,22,24). The summed E-state index contributed by atoms with van der Waals surface area (Å²) >= 11 is 0. The lowest BCUT2D eigenvalue weighted by molar-refractivity contribution is -0.127. The predicted molar refractivity (Wildman–Crippen MR) is 98.2 cm³/mol. The van der Waals surface area contributed by atoms with E-state index < -0.39 is 6.10 Å². The van der Waals surface area contributed by atoms with E-state index in [0.29, 0.717) is 12.3 Å². The first kappa shape index (κ1) is 17.0. The third-order valence-electron chi connectivity index (χ3n) is 4.04. The van der Waals surface area contributed by atoms with Gasteiger partial charge in [-0.3, -0.25) is 4.79 Å². The van der Waals surface area contributed by atoms with E-state index in [0.717, 1.165) is 16.5 Å². The number of carbonyl (C=O) groups excluding carboxylic acids is 1. The molecule has 0 aliphatic heterocycles. The molecule has 3 aromatic rings. The molecule has 2 N–H and O–H groups in total. The van der Waals surface area contributed by atoms with E-state index in [1.807, 2.05) is 18.2 Å². The summed E-state index contributed by atoms with van der Waals surface area (Å²) in [5.74, 6) is 0.391. The van der Waals surface area contributed by atoms with Gasteiger partial charge in [0.15, 0.2) is 6.10 Å². The molecule has 0 aliphatic rings. The normalized spacial score (nSPS) is 11.9. The van der Waals surface area contributed by atoms with E-state index in [1.165, 1.54) is 5.39 Å². The number of fused-ring (bicyclic) bond motifs is 1. The number of nitrogens with one attached hydrogen (secondary N) is 1. The van der Waals surface area contributed by atoms with E-state index in [9.17, 15) is 4.79 Å². The fourth-order valence-corrected chi connectivity index (χ4v) is 2.66. The molecule has 4 heteroatoms. The lowest BCUT2D eigenvalue weighted by Gasteiger charge is -2.15. The highest BCUT2D eigenvalue weighted by Crippen LogP contribution is 2.16. The summed E-state index contributed by atoms with van der Waals surface area (Å²) in [6.45, 7) is 2.11. The van der Waals surface area contributed by atoms with Crippen LogP contribution in [0, 0.1) is 0 Å². The van der Waals surface area contributed by atoms with Crippen molar-refractivity contribution in [3.8, 4) is 5.75 Å².